The number of anilines is 1. The van der Waals surface area contributed by atoms with E-state index in [0.717, 1.165) is 4.31 Å². The van der Waals surface area contributed by atoms with E-state index in [1.807, 2.05) is 4.90 Å². The number of hydrogen-bond acceptors (Lipinski definition) is 8. The van der Waals surface area contributed by atoms with Crippen LogP contribution in [0.4, 0.5) is 10.1 Å². The number of nitrogens with zero attached hydrogens (tertiary/aromatic N) is 5. The lowest BCUT2D eigenvalue weighted by molar-refractivity contribution is 0.197. The number of aromatic hydroxyl groups is 2. The number of benzene rings is 2. The van der Waals surface area contributed by atoms with Gasteiger partial charge in [-0.1, -0.05) is 12.1 Å². The summed E-state index contributed by atoms with van der Waals surface area (Å²) in [5.41, 5.74) is 1.09. The SMILES string of the molecule is CCS(=O)(=O)N1CCN(CCS(=O)(=O)N(C)c2c3cccnc3c(O)c3c(O)n(Cc4ccc(F)cc4)cc23)CC1. The summed E-state index contributed by atoms with van der Waals surface area (Å²) in [6.45, 7) is 3.42. The van der Waals surface area contributed by atoms with Gasteiger partial charge >= 0.3 is 0 Å². The fourth-order valence-electron chi connectivity index (χ4n) is 5.19. The number of halogens is 1. The van der Waals surface area contributed by atoms with E-state index < -0.39 is 25.9 Å². The maximum Gasteiger partial charge on any atom is 0.236 e. The fraction of sp³-hybridized carbons (Fsp3) is 0.370. The van der Waals surface area contributed by atoms with Gasteiger partial charge in [0.2, 0.25) is 25.9 Å². The van der Waals surface area contributed by atoms with Gasteiger partial charge in [-0.05, 0) is 36.8 Å². The van der Waals surface area contributed by atoms with Crippen LogP contribution in [0.15, 0.2) is 48.8 Å². The first-order valence-electron chi connectivity index (χ1n) is 13.2. The lowest BCUT2D eigenvalue weighted by atomic mass is 10.1. The molecular formula is C27H32FN5O6S2. The molecule has 2 aromatic carbocycles. The highest BCUT2D eigenvalue weighted by atomic mass is 32.2. The molecule has 0 spiro atoms. The van der Waals surface area contributed by atoms with Crippen LogP contribution in [-0.2, 0) is 26.6 Å². The van der Waals surface area contributed by atoms with Crippen LogP contribution in [0.25, 0.3) is 21.7 Å². The van der Waals surface area contributed by atoms with Crippen molar-refractivity contribution in [2.75, 3.05) is 55.6 Å². The van der Waals surface area contributed by atoms with Crippen LogP contribution in [-0.4, -0.2) is 97.1 Å². The average Bonchev–Trinajstić information content (AvgIpc) is 3.28. The molecule has 0 amide bonds. The number of phenols is 1. The lowest BCUT2D eigenvalue weighted by Crippen LogP contribution is -2.50. The van der Waals surface area contributed by atoms with Gasteiger partial charge in [0, 0.05) is 62.9 Å². The molecule has 1 aliphatic heterocycles. The first-order chi connectivity index (χ1) is 19.4. The zero-order valence-corrected chi connectivity index (χ0v) is 24.4. The fourth-order valence-corrected chi connectivity index (χ4v) is 7.51. The number of piperazine rings is 1. The Hall–Kier alpha value is -3.46. The van der Waals surface area contributed by atoms with Gasteiger partial charge in [0.1, 0.15) is 11.3 Å². The summed E-state index contributed by atoms with van der Waals surface area (Å²) in [4.78, 5) is 6.18. The molecule has 0 saturated carbocycles. The maximum absolute atomic E-state index is 13.6. The molecule has 1 saturated heterocycles. The Balaban J connectivity index is 1.47. The van der Waals surface area contributed by atoms with Crippen LogP contribution in [0.2, 0.25) is 0 Å². The minimum absolute atomic E-state index is 0.0251. The van der Waals surface area contributed by atoms with Crippen LogP contribution in [0.3, 0.4) is 0 Å². The standard InChI is InChI=1S/C27H32FN5O6S2/c1-3-40(36,37)33-13-11-31(12-14-33)15-16-41(38,39)30(2)25-21-5-4-10-29-24(21)26(34)23-22(25)18-32(27(23)35)17-19-6-8-20(28)9-7-19/h4-10,18,34-35H,3,11-17H2,1-2H3. The molecule has 11 nitrogen and oxygen atoms in total. The molecule has 0 unspecified atom stereocenters. The van der Waals surface area contributed by atoms with E-state index in [-0.39, 0.29) is 52.8 Å². The highest BCUT2D eigenvalue weighted by molar-refractivity contribution is 7.92. The number of rotatable bonds is 9. The van der Waals surface area contributed by atoms with Crippen LogP contribution < -0.4 is 4.31 Å². The van der Waals surface area contributed by atoms with Gasteiger partial charge in [0.25, 0.3) is 0 Å². The van der Waals surface area contributed by atoms with Gasteiger partial charge in [-0.3, -0.25) is 14.2 Å². The third-order valence-electron chi connectivity index (χ3n) is 7.58. The van der Waals surface area contributed by atoms with E-state index in [2.05, 4.69) is 4.98 Å². The Labute approximate surface area is 238 Å². The van der Waals surface area contributed by atoms with Crippen LogP contribution >= 0.6 is 0 Å². The molecule has 1 aliphatic rings. The lowest BCUT2D eigenvalue weighted by Gasteiger charge is -2.34. The van der Waals surface area contributed by atoms with Gasteiger partial charge < -0.3 is 14.8 Å². The quantitative estimate of drug-likeness (QED) is 0.297. The van der Waals surface area contributed by atoms with Gasteiger partial charge in [-0.15, -0.1) is 0 Å². The molecule has 2 N–H and O–H groups in total. The van der Waals surface area contributed by atoms with Crippen molar-refractivity contribution in [3.63, 3.8) is 0 Å². The van der Waals surface area contributed by atoms with E-state index in [9.17, 15) is 31.4 Å². The van der Waals surface area contributed by atoms with Crippen LogP contribution in [0, 0.1) is 5.82 Å². The Bertz CT molecular complexity index is 1800. The predicted molar refractivity (Wildman–Crippen MR) is 156 cm³/mol. The van der Waals surface area contributed by atoms with Crippen molar-refractivity contribution in [2.24, 2.45) is 0 Å². The molecule has 0 atom stereocenters. The molecule has 14 heteroatoms. The second-order valence-corrected chi connectivity index (χ2v) is 14.4. The van der Waals surface area contributed by atoms with Crippen molar-refractivity contribution >= 4 is 47.4 Å². The van der Waals surface area contributed by atoms with E-state index in [4.69, 9.17) is 0 Å². The van der Waals surface area contributed by atoms with E-state index in [1.165, 1.54) is 34.2 Å². The summed E-state index contributed by atoms with van der Waals surface area (Å²) in [7, 11) is -5.77. The minimum Gasteiger partial charge on any atom is -0.505 e. The Kier molecular flexibility index (Phi) is 7.85. The number of aromatic nitrogens is 2. The van der Waals surface area contributed by atoms with Crippen LogP contribution in [0.1, 0.15) is 12.5 Å². The monoisotopic (exact) mass is 605 g/mol. The van der Waals surface area contributed by atoms with E-state index in [1.54, 1.807) is 37.4 Å². The van der Waals surface area contributed by atoms with E-state index >= 15 is 0 Å². The second-order valence-electron chi connectivity index (χ2n) is 10.0. The first-order valence-corrected chi connectivity index (χ1v) is 16.4. The third kappa shape index (κ3) is 5.56. The van der Waals surface area contributed by atoms with Gasteiger partial charge in [0.05, 0.1) is 29.1 Å². The Morgan fingerprint density at radius 3 is 2.34 bits per heavy atom. The molecule has 3 heterocycles. The molecule has 1 fully saturated rings. The summed E-state index contributed by atoms with van der Waals surface area (Å²) < 4.78 is 69.0. The summed E-state index contributed by atoms with van der Waals surface area (Å²) in [6, 6.07) is 9.05. The van der Waals surface area contributed by atoms with Crippen molar-refractivity contribution in [1.29, 1.82) is 0 Å². The number of pyridine rings is 1. The van der Waals surface area contributed by atoms with E-state index in [0.29, 0.717) is 42.5 Å². The molecule has 220 valence electrons. The maximum atomic E-state index is 13.6. The van der Waals surface area contributed by atoms with Gasteiger partial charge in [-0.2, -0.15) is 4.31 Å². The van der Waals surface area contributed by atoms with Crippen molar-refractivity contribution in [3.8, 4) is 11.6 Å². The summed E-state index contributed by atoms with van der Waals surface area (Å²) >= 11 is 0. The Morgan fingerprint density at radius 2 is 1.68 bits per heavy atom. The average molecular weight is 606 g/mol. The van der Waals surface area contributed by atoms with Crippen molar-refractivity contribution in [1.82, 2.24) is 18.8 Å². The Morgan fingerprint density at radius 1 is 1.00 bits per heavy atom. The first kappa shape index (κ1) is 29.0. The number of phenolic OH excluding ortho intramolecular Hbond substituents is 1. The molecule has 2 aromatic heterocycles. The zero-order valence-electron chi connectivity index (χ0n) is 22.7. The van der Waals surface area contributed by atoms with Crippen LogP contribution in [0.5, 0.6) is 11.6 Å². The molecular weight excluding hydrogens is 573 g/mol. The molecule has 0 radical (unpaired) electrons. The van der Waals surface area contributed by atoms with Crippen molar-refractivity contribution < 1.29 is 31.4 Å². The topological polar surface area (TPSA) is 136 Å². The highest BCUT2D eigenvalue weighted by Gasteiger charge is 2.30. The number of hydrogen-bond donors (Lipinski definition) is 2. The number of sulfonamides is 2. The molecule has 0 bridgehead atoms. The third-order valence-corrected chi connectivity index (χ3v) is 11.2. The molecule has 5 rings (SSSR count). The normalized spacial score (nSPS) is 15.6. The molecule has 4 aromatic rings. The highest BCUT2D eigenvalue weighted by Crippen LogP contribution is 2.46. The van der Waals surface area contributed by atoms with Crippen molar-refractivity contribution in [2.45, 2.75) is 13.5 Å². The van der Waals surface area contributed by atoms with Crippen molar-refractivity contribution in [3.05, 3.63) is 60.2 Å². The second kappa shape index (κ2) is 11.1. The van der Waals surface area contributed by atoms with Gasteiger partial charge in [-0.25, -0.2) is 21.2 Å². The number of fused-ring (bicyclic) bond motifs is 2. The summed E-state index contributed by atoms with van der Waals surface area (Å²) in [5.74, 6) is -1.15. The summed E-state index contributed by atoms with van der Waals surface area (Å²) in [5, 5.41) is 22.9. The smallest absolute Gasteiger partial charge is 0.236 e. The minimum atomic E-state index is -3.90. The van der Waals surface area contributed by atoms with Gasteiger partial charge in [0.15, 0.2) is 5.75 Å². The molecule has 0 aliphatic carbocycles. The molecule has 41 heavy (non-hydrogen) atoms. The zero-order chi connectivity index (χ0) is 29.5. The summed E-state index contributed by atoms with van der Waals surface area (Å²) in [6.07, 6.45) is 3.03. The largest absolute Gasteiger partial charge is 0.505 e. The predicted octanol–water partition coefficient (Wildman–Crippen LogP) is 2.52.